The molecule has 0 atom stereocenters. The summed E-state index contributed by atoms with van der Waals surface area (Å²) in [7, 11) is -3.96. The van der Waals surface area contributed by atoms with Gasteiger partial charge in [0.1, 0.15) is 6.54 Å². The molecule has 1 N–H and O–H groups in total. The van der Waals surface area contributed by atoms with Gasteiger partial charge < -0.3 is 5.32 Å². The molecule has 0 aromatic heterocycles. The Morgan fingerprint density at radius 2 is 1.50 bits per heavy atom. The minimum atomic E-state index is -3.96. The minimum absolute atomic E-state index is 0.0701. The third-order valence-corrected chi connectivity index (χ3v) is 7.23. The molecule has 0 aliphatic carbocycles. The van der Waals surface area contributed by atoms with Gasteiger partial charge in [-0.25, -0.2) is 8.42 Å². The third kappa shape index (κ3) is 6.25. The van der Waals surface area contributed by atoms with E-state index in [-0.39, 0.29) is 17.3 Å². The molecule has 168 valence electrons. The van der Waals surface area contributed by atoms with Gasteiger partial charge >= 0.3 is 0 Å². The average molecular weight is 491 g/mol. The molecule has 0 radical (unpaired) electrons. The average Bonchev–Trinajstić information content (AvgIpc) is 2.77. The number of aryl methyl sites for hydroxylation is 2. The largest absolute Gasteiger partial charge is 0.355 e. The lowest BCUT2D eigenvalue weighted by atomic mass is 10.1. The number of rotatable bonds is 9. The van der Waals surface area contributed by atoms with Crippen LogP contribution in [0.15, 0.2) is 77.7 Å². The van der Waals surface area contributed by atoms with Gasteiger partial charge in [-0.1, -0.05) is 53.5 Å². The normalized spacial score (nSPS) is 11.2. The van der Waals surface area contributed by atoms with Crippen molar-refractivity contribution < 1.29 is 13.2 Å². The van der Waals surface area contributed by atoms with E-state index < -0.39 is 10.0 Å². The Balaban J connectivity index is 1.71. The van der Waals surface area contributed by atoms with E-state index in [9.17, 15) is 13.2 Å². The molecule has 3 rings (SSSR count). The molecule has 1 amide bonds. The van der Waals surface area contributed by atoms with Crippen molar-refractivity contribution in [1.29, 1.82) is 0 Å². The summed E-state index contributed by atoms with van der Waals surface area (Å²) in [5.74, 6) is -0.373. The maximum absolute atomic E-state index is 13.4. The number of carbonyl (C=O) groups is 1. The molecule has 0 heterocycles. The summed E-state index contributed by atoms with van der Waals surface area (Å²) in [6.07, 6.45) is 1.50. The molecule has 0 aliphatic rings. The van der Waals surface area contributed by atoms with Crippen molar-refractivity contribution in [2.75, 3.05) is 17.4 Å². The second-order valence-corrected chi connectivity index (χ2v) is 10.1. The van der Waals surface area contributed by atoms with Gasteiger partial charge in [0.15, 0.2) is 0 Å². The number of para-hydroxylation sites is 1. The molecular formula is C24H24Cl2N2O3S. The fourth-order valence-corrected chi connectivity index (χ4v) is 4.97. The summed E-state index contributed by atoms with van der Waals surface area (Å²) >= 11 is 11.8. The highest BCUT2D eigenvalue weighted by Crippen LogP contribution is 2.27. The predicted octanol–water partition coefficient (Wildman–Crippen LogP) is 5.25. The maximum Gasteiger partial charge on any atom is 0.264 e. The Labute approximate surface area is 199 Å². The Morgan fingerprint density at radius 3 is 2.12 bits per heavy atom. The Hall–Kier alpha value is -2.54. The summed E-state index contributed by atoms with van der Waals surface area (Å²) in [5.41, 5.74) is 2.33. The van der Waals surface area contributed by atoms with Gasteiger partial charge in [-0.15, -0.1) is 0 Å². The van der Waals surface area contributed by atoms with Gasteiger partial charge in [0.2, 0.25) is 5.91 Å². The van der Waals surface area contributed by atoms with E-state index in [1.54, 1.807) is 12.1 Å². The Kier molecular flexibility index (Phi) is 8.18. The highest BCUT2D eigenvalue weighted by Gasteiger charge is 2.28. The van der Waals surface area contributed by atoms with Gasteiger partial charge in [0, 0.05) is 16.6 Å². The third-order valence-electron chi connectivity index (χ3n) is 4.95. The van der Waals surface area contributed by atoms with Crippen LogP contribution in [0.4, 0.5) is 5.69 Å². The number of sulfonamides is 1. The molecular weight excluding hydrogens is 467 g/mol. The topological polar surface area (TPSA) is 66.5 Å². The van der Waals surface area contributed by atoms with Crippen LogP contribution in [0.25, 0.3) is 0 Å². The van der Waals surface area contributed by atoms with E-state index in [0.717, 1.165) is 28.3 Å². The molecule has 0 spiro atoms. The van der Waals surface area contributed by atoms with Gasteiger partial charge in [-0.05, 0) is 73.4 Å². The number of hydrogen-bond donors (Lipinski definition) is 1. The summed E-state index contributed by atoms with van der Waals surface area (Å²) in [5, 5.41) is 3.94. The number of nitrogens with one attached hydrogen (secondary N) is 1. The SMILES string of the molecule is Cc1ccccc1N(CC(=O)NCCCc1ccc(Cl)cc1)S(=O)(=O)c1ccc(Cl)cc1. The summed E-state index contributed by atoms with van der Waals surface area (Å²) < 4.78 is 27.9. The van der Waals surface area contributed by atoms with E-state index >= 15 is 0 Å². The minimum Gasteiger partial charge on any atom is -0.355 e. The van der Waals surface area contributed by atoms with Crippen LogP contribution in [0.5, 0.6) is 0 Å². The lowest BCUT2D eigenvalue weighted by Gasteiger charge is -2.25. The fourth-order valence-electron chi connectivity index (χ4n) is 3.23. The monoisotopic (exact) mass is 490 g/mol. The number of nitrogens with zero attached hydrogens (tertiary/aromatic N) is 1. The molecule has 0 fully saturated rings. The van der Waals surface area contributed by atoms with Gasteiger partial charge in [-0.2, -0.15) is 0 Å². The van der Waals surface area contributed by atoms with Crippen molar-refractivity contribution in [3.05, 3.63) is 94.0 Å². The van der Waals surface area contributed by atoms with E-state index in [0.29, 0.717) is 22.3 Å². The van der Waals surface area contributed by atoms with Crippen LogP contribution >= 0.6 is 23.2 Å². The second-order valence-electron chi connectivity index (χ2n) is 7.33. The van der Waals surface area contributed by atoms with Crippen molar-refractivity contribution in [3.63, 3.8) is 0 Å². The van der Waals surface area contributed by atoms with Gasteiger partial charge in [0.25, 0.3) is 10.0 Å². The molecule has 3 aromatic rings. The smallest absolute Gasteiger partial charge is 0.264 e. The van der Waals surface area contributed by atoms with E-state index in [1.807, 2.05) is 43.3 Å². The first-order valence-electron chi connectivity index (χ1n) is 10.1. The van der Waals surface area contributed by atoms with Crippen molar-refractivity contribution in [1.82, 2.24) is 5.32 Å². The lowest BCUT2D eigenvalue weighted by molar-refractivity contribution is -0.119. The molecule has 0 bridgehead atoms. The summed E-state index contributed by atoms with van der Waals surface area (Å²) in [6, 6.07) is 20.5. The molecule has 0 saturated carbocycles. The van der Waals surface area contributed by atoms with Crippen LogP contribution in [0.3, 0.4) is 0 Å². The molecule has 8 heteroatoms. The van der Waals surface area contributed by atoms with Crippen LogP contribution < -0.4 is 9.62 Å². The molecule has 3 aromatic carbocycles. The van der Waals surface area contributed by atoms with Crippen LogP contribution in [-0.4, -0.2) is 27.4 Å². The molecule has 0 saturated heterocycles. The highest BCUT2D eigenvalue weighted by atomic mass is 35.5. The number of hydrogen-bond acceptors (Lipinski definition) is 3. The first-order chi connectivity index (χ1) is 15.3. The van der Waals surface area contributed by atoms with Crippen LogP contribution in [-0.2, 0) is 21.2 Å². The predicted molar refractivity (Wildman–Crippen MR) is 130 cm³/mol. The zero-order valence-corrected chi connectivity index (χ0v) is 19.9. The van der Waals surface area contributed by atoms with Crippen LogP contribution in [0, 0.1) is 6.92 Å². The van der Waals surface area contributed by atoms with E-state index in [1.165, 1.54) is 24.3 Å². The quantitative estimate of drug-likeness (QED) is 0.416. The molecule has 5 nitrogen and oxygen atoms in total. The number of anilines is 1. The van der Waals surface area contributed by atoms with Gasteiger partial charge in [-0.3, -0.25) is 9.10 Å². The van der Waals surface area contributed by atoms with Crippen molar-refractivity contribution >= 4 is 44.8 Å². The Bertz CT molecular complexity index is 1160. The lowest BCUT2D eigenvalue weighted by Crippen LogP contribution is -2.41. The summed E-state index contributed by atoms with van der Waals surface area (Å²) in [4.78, 5) is 12.7. The molecule has 32 heavy (non-hydrogen) atoms. The second kappa shape index (κ2) is 10.9. The Morgan fingerprint density at radius 1 is 0.906 bits per heavy atom. The van der Waals surface area contributed by atoms with Crippen LogP contribution in [0.2, 0.25) is 10.0 Å². The zero-order chi connectivity index (χ0) is 23.1. The first-order valence-corrected chi connectivity index (χ1v) is 12.3. The number of benzene rings is 3. The molecule has 0 aliphatic heterocycles. The van der Waals surface area contributed by atoms with E-state index in [2.05, 4.69) is 5.32 Å². The summed E-state index contributed by atoms with van der Waals surface area (Å²) in [6.45, 7) is 1.92. The van der Waals surface area contributed by atoms with E-state index in [4.69, 9.17) is 23.2 Å². The highest BCUT2D eigenvalue weighted by molar-refractivity contribution is 7.92. The van der Waals surface area contributed by atoms with Crippen molar-refractivity contribution in [2.24, 2.45) is 0 Å². The standard InChI is InChI=1S/C24H24Cl2N2O3S/c1-18-5-2-3-7-23(18)28(32(30,31)22-14-12-21(26)13-15-22)17-24(29)27-16-4-6-19-8-10-20(25)11-9-19/h2-3,5,7-15H,4,6,16-17H2,1H3,(H,27,29). The number of amides is 1. The van der Waals surface area contributed by atoms with Crippen LogP contribution in [0.1, 0.15) is 17.5 Å². The maximum atomic E-state index is 13.4. The van der Waals surface area contributed by atoms with Crippen molar-refractivity contribution in [2.45, 2.75) is 24.7 Å². The fraction of sp³-hybridized carbons (Fsp3) is 0.208. The van der Waals surface area contributed by atoms with Crippen molar-refractivity contribution in [3.8, 4) is 0 Å². The van der Waals surface area contributed by atoms with Gasteiger partial charge in [0.05, 0.1) is 10.6 Å². The zero-order valence-electron chi connectivity index (χ0n) is 17.6. The number of carbonyl (C=O) groups excluding carboxylic acids is 1. The first kappa shape index (κ1) is 24.1. The molecule has 0 unspecified atom stereocenters. The number of halogens is 2.